The van der Waals surface area contributed by atoms with Gasteiger partial charge in [0.05, 0.1) is 0 Å². The summed E-state index contributed by atoms with van der Waals surface area (Å²) in [6.45, 7) is 2.43. The first-order valence-electron chi connectivity index (χ1n) is 5.99. The van der Waals surface area contributed by atoms with Crippen molar-refractivity contribution in [2.24, 2.45) is 0 Å². The van der Waals surface area contributed by atoms with Crippen molar-refractivity contribution < 1.29 is 14.7 Å². The van der Waals surface area contributed by atoms with Crippen LogP contribution in [-0.4, -0.2) is 65.5 Å². The molecule has 1 N–H and O–H groups in total. The Labute approximate surface area is 112 Å². The van der Waals surface area contributed by atoms with Gasteiger partial charge in [0.15, 0.2) is 0 Å². The molecule has 1 rings (SSSR count). The monoisotopic (exact) mass is 265 g/mol. The second-order valence-electron chi connectivity index (χ2n) is 4.59. The average molecular weight is 265 g/mol. The number of aryl methyl sites for hydroxylation is 1. The molecule has 0 aliphatic carbocycles. The molecule has 0 saturated heterocycles. The van der Waals surface area contributed by atoms with Crippen LogP contribution in [0.1, 0.15) is 16.2 Å². The Hall–Kier alpha value is -1.95. The molecule has 0 saturated carbocycles. The summed E-state index contributed by atoms with van der Waals surface area (Å²) in [5.41, 5.74) is 1.01. The van der Waals surface area contributed by atoms with Gasteiger partial charge in [-0.15, -0.1) is 0 Å². The molecule has 0 radical (unpaired) electrons. The Balaban J connectivity index is 2.83. The third-order valence-corrected chi connectivity index (χ3v) is 2.54. The van der Waals surface area contributed by atoms with E-state index in [-0.39, 0.29) is 18.1 Å². The zero-order chi connectivity index (χ0) is 14.4. The molecule has 0 aromatic carbocycles. The molecule has 104 valence electrons. The van der Waals surface area contributed by atoms with Gasteiger partial charge in [-0.3, -0.25) is 9.59 Å². The van der Waals surface area contributed by atoms with Crippen LogP contribution in [0.2, 0.25) is 0 Å². The maximum Gasteiger partial charge on any atom is 0.323 e. The average Bonchev–Trinajstić information content (AvgIpc) is 2.33. The minimum absolute atomic E-state index is 0.278. The molecule has 1 heterocycles. The number of rotatable bonds is 6. The molecule has 0 atom stereocenters. The fourth-order valence-electron chi connectivity index (χ4n) is 1.56. The van der Waals surface area contributed by atoms with Gasteiger partial charge in [-0.05, 0) is 33.2 Å². The van der Waals surface area contributed by atoms with Crippen LogP contribution in [0.5, 0.6) is 0 Å². The lowest BCUT2D eigenvalue weighted by atomic mass is 10.2. The Kier molecular flexibility index (Phi) is 5.44. The van der Waals surface area contributed by atoms with Crippen LogP contribution in [-0.2, 0) is 4.79 Å². The van der Waals surface area contributed by atoms with E-state index in [4.69, 9.17) is 5.11 Å². The van der Waals surface area contributed by atoms with Crippen LogP contribution < -0.4 is 0 Å². The SMILES string of the molecule is Cc1cccc(C(=O)N(CCN(C)C)CC(=O)O)n1. The van der Waals surface area contributed by atoms with Crippen molar-refractivity contribution >= 4 is 11.9 Å². The van der Waals surface area contributed by atoms with E-state index < -0.39 is 5.97 Å². The lowest BCUT2D eigenvalue weighted by Crippen LogP contribution is -2.40. The maximum atomic E-state index is 12.2. The van der Waals surface area contributed by atoms with Crippen molar-refractivity contribution in [2.75, 3.05) is 33.7 Å². The number of amides is 1. The van der Waals surface area contributed by atoms with E-state index in [0.717, 1.165) is 5.69 Å². The normalized spacial score (nSPS) is 10.5. The molecule has 1 aromatic heterocycles. The predicted octanol–water partition coefficient (Wildman–Crippen LogP) is 0.478. The lowest BCUT2D eigenvalue weighted by molar-refractivity contribution is -0.137. The highest BCUT2D eigenvalue weighted by Gasteiger charge is 2.19. The van der Waals surface area contributed by atoms with E-state index in [1.807, 2.05) is 19.0 Å². The summed E-state index contributed by atoms with van der Waals surface area (Å²) in [6, 6.07) is 5.12. The first kappa shape index (κ1) is 15.1. The van der Waals surface area contributed by atoms with Gasteiger partial charge in [-0.25, -0.2) is 4.98 Å². The second kappa shape index (κ2) is 6.84. The van der Waals surface area contributed by atoms with E-state index in [2.05, 4.69) is 4.98 Å². The molecule has 19 heavy (non-hydrogen) atoms. The van der Waals surface area contributed by atoms with Crippen LogP contribution in [0.25, 0.3) is 0 Å². The molecular weight excluding hydrogens is 246 g/mol. The van der Waals surface area contributed by atoms with Gasteiger partial charge in [-0.1, -0.05) is 6.07 Å². The van der Waals surface area contributed by atoms with E-state index >= 15 is 0 Å². The smallest absolute Gasteiger partial charge is 0.323 e. The van der Waals surface area contributed by atoms with Crippen LogP contribution in [0, 0.1) is 6.92 Å². The largest absolute Gasteiger partial charge is 0.480 e. The summed E-state index contributed by atoms with van der Waals surface area (Å²) in [5.74, 6) is -1.38. The molecule has 0 aliphatic heterocycles. The minimum atomic E-state index is -1.03. The fraction of sp³-hybridized carbons (Fsp3) is 0.462. The van der Waals surface area contributed by atoms with E-state index in [0.29, 0.717) is 13.1 Å². The zero-order valence-electron chi connectivity index (χ0n) is 11.5. The van der Waals surface area contributed by atoms with Crippen molar-refractivity contribution in [1.82, 2.24) is 14.8 Å². The predicted molar refractivity (Wildman–Crippen MR) is 71.1 cm³/mol. The Morgan fingerprint density at radius 2 is 1.95 bits per heavy atom. The third-order valence-electron chi connectivity index (χ3n) is 2.54. The maximum absolute atomic E-state index is 12.2. The number of carbonyl (C=O) groups excluding carboxylic acids is 1. The van der Waals surface area contributed by atoms with Gasteiger partial charge in [-0.2, -0.15) is 0 Å². The number of pyridine rings is 1. The number of aliphatic carboxylic acids is 1. The summed E-state index contributed by atoms with van der Waals surface area (Å²) in [4.78, 5) is 30.4. The molecule has 0 bridgehead atoms. The van der Waals surface area contributed by atoms with E-state index in [1.165, 1.54) is 4.90 Å². The second-order valence-corrected chi connectivity index (χ2v) is 4.59. The molecular formula is C13H19N3O3. The van der Waals surface area contributed by atoms with Crippen molar-refractivity contribution in [3.8, 4) is 0 Å². The molecule has 1 amide bonds. The third kappa shape index (κ3) is 5.05. The van der Waals surface area contributed by atoms with Crippen LogP contribution in [0.4, 0.5) is 0 Å². The highest BCUT2D eigenvalue weighted by molar-refractivity contribution is 5.94. The van der Waals surface area contributed by atoms with E-state index in [1.54, 1.807) is 25.1 Å². The lowest BCUT2D eigenvalue weighted by Gasteiger charge is -2.22. The number of aromatic nitrogens is 1. The molecule has 6 heteroatoms. The molecule has 6 nitrogen and oxygen atoms in total. The number of nitrogens with zero attached hydrogens (tertiary/aromatic N) is 3. The number of hydrogen-bond acceptors (Lipinski definition) is 4. The van der Waals surface area contributed by atoms with Gasteiger partial charge in [0.1, 0.15) is 12.2 Å². The molecule has 1 aromatic rings. The van der Waals surface area contributed by atoms with Gasteiger partial charge < -0.3 is 14.9 Å². The number of carboxylic acid groups (broad SMARTS) is 1. The van der Waals surface area contributed by atoms with Gasteiger partial charge in [0, 0.05) is 18.8 Å². The van der Waals surface area contributed by atoms with Gasteiger partial charge in [0.2, 0.25) is 0 Å². The molecule has 0 spiro atoms. The van der Waals surface area contributed by atoms with Crippen molar-refractivity contribution in [3.63, 3.8) is 0 Å². The summed E-state index contributed by atoms with van der Waals surface area (Å²) < 4.78 is 0. The number of likely N-dealkylation sites (N-methyl/N-ethyl adjacent to an activating group) is 1. The summed E-state index contributed by atoms with van der Waals surface area (Å²) in [5, 5.41) is 8.87. The molecule has 0 unspecified atom stereocenters. The van der Waals surface area contributed by atoms with E-state index in [9.17, 15) is 9.59 Å². The minimum Gasteiger partial charge on any atom is -0.480 e. The highest BCUT2D eigenvalue weighted by atomic mass is 16.4. The topological polar surface area (TPSA) is 73.7 Å². The Morgan fingerprint density at radius 3 is 2.47 bits per heavy atom. The number of hydrogen-bond donors (Lipinski definition) is 1. The fourth-order valence-corrected chi connectivity index (χ4v) is 1.56. The Morgan fingerprint density at radius 1 is 1.26 bits per heavy atom. The standard InChI is InChI=1S/C13H19N3O3/c1-10-5-4-6-11(14-10)13(19)16(9-12(17)18)8-7-15(2)3/h4-6H,7-9H2,1-3H3,(H,17,18). The molecule has 0 fully saturated rings. The summed E-state index contributed by atoms with van der Waals surface area (Å²) in [7, 11) is 3.74. The first-order valence-corrected chi connectivity index (χ1v) is 5.99. The van der Waals surface area contributed by atoms with Crippen LogP contribution in [0.3, 0.4) is 0 Å². The van der Waals surface area contributed by atoms with Crippen molar-refractivity contribution in [3.05, 3.63) is 29.6 Å². The number of carbonyl (C=O) groups is 2. The van der Waals surface area contributed by atoms with Crippen molar-refractivity contribution in [1.29, 1.82) is 0 Å². The number of carboxylic acids is 1. The van der Waals surface area contributed by atoms with Crippen LogP contribution in [0.15, 0.2) is 18.2 Å². The quantitative estimate of drug-likeness (QED) is 0.809. The first-order chi connectivity index (χ1) is 8.90. The van der Waals surface area contributed by atoms with Gasteiger partial charge in [0.25, 0.3) is 5.91 Å². The highest BCUT2D eigenvalue weighted by Crippen LogP contribution is 2.04. The van der Waals surface area contributed by atoms with Crippen LogP contribution >= 0.6 is 0 Å². The van der Waals surface area contributed by atoms with Gasteiger partial charge >= 0.3 is 5.97 Å². The van der Waals surface area contributed by atoms with Crippen molar-refractivity contribution in [2.45, 2.75) is 6.92 Å². The molecule has 0 aliphatic rings. The summed E-state index contributed by atoms with van der Waals surface area (Å²) >= 11 is 0. The zero-order valence-corrected chi connectivity index (χ0v) is 11.5. The Bertz CT molecular complexity index is 460. The summed E-state index contributed by atoms with van der Waals surface area (Å²) in [6.07, 6.45) is 0.